The molecule has 0 radical (unpaired) electrons. The quantitative estimate of drug-likeness (QED) is 0.751. The standard InChI is InChI=1S/C20H25N3O2/c21-14-20(10-3-4-11-20)23-19(25)13-22-18(24)12-16-8-5-7-15-6-1-2-9-17(15)16/h1-2,5-9H,3-4,10-14,21H2,(H,22,24)(H,23,25). The second-order valence-electron chi connectivity index (χ2n) is 6.83. The Morgan fingerprint density at radius 2 is 1.72 bits per heavy atom. The number of nitrogens with one attached hydrogen (secondary N) is 2. The molecule has 0 atom stereocenters. The van der Waals surface area contributed by atoms with Gasteiger partial charge in [-0.2, -0.15) is 0 Å². The van der Waals surface area contributed by atoms with Gasteiger partial charge >= 0.3 is 0 Å². The van der Waals surface area contributed by atoms with Crippen molar-refractivity contribution in [3.05, 3.63) is 48.0 Å². The Hall–Kier alpha value is -2.40. The molecule has 4 N–H and O–H groups in total. The molecular formula is C20H25N3O2. The summed E-state index contributed by atoms with van der Waals surface area (Å²) in [5.74, 6) is -0.321. The van der Waals surface area contributed by atoms with Crippen LogP contribution in [0.25, 0.3) is 10.8 Å². The predicted octanol–water partition coefficient (Wildman–Crippen LogP) is 1.89. The Morgan fingerprint density at radius 1 is 1.00 bits per heavy atom. The average molecular weight is 339 g/mol. The summed E-state index contributed by atoms with van der Waals surface area (Å²) in [5, 5.41) is 7.91. The van der Waals surface area contributed by atoms with Gasteiger partial charge in [-0.25, -0.2) is 0 Å². The minimum absolute atomic E-state index is 0.00858. The number of fused-ring (bicyclic) bond motifs is 1. The number of benzene rings is 2. The maximum absolute atomic E-state index is 12.2. The van der Waals surface area contributed by atoms with Crippen LogP contribution in [0.5, 0.6) is 0 Å². The molecule has 2 aromatic rings. The summed E-state index contributed by atoms with van der Waals surface area (Å²) in [7, 11) is 0. The van der Waals surface area contributed by atoms with Gasteiger partial charge in [0.2, 0.25) is 11.8 Å². The van der Waals surface area contributed by atoms with E-state index in [4.69, 9.17) is 5.73 Å². The molecule has 3 rings (SSSR count). The lowest BCUT2D eigenvalue weighted by Crippen LogP contribution is -2.54. The van der Waals surface area contributed by atoms with Crippen molar-refractivity contribution in [1.82, 2.24) is 10.6 Å². The van der Waals surface area contributed by atoms with E-state index in [-0.39, 0.29) is 30.3 Å². The summed E-state index contributed by atoms with van der Waals surface area (Å²) < 4.78 is 0. The van der Waals surface area contributed by atoms with Crippen LogP contribution < -0.4 is 16.4 Å². The zero-order valence-electron chi connectivity index (χ0n) is 14.4. The van der Waals surface area contributed by atoms with Crippen LogP contribution in [0.15, 0.2) is 42.5 Å². The molecule has 5 nitrogen and oxygen atoms in total. The van der Waals surface area contributed by atoms with Crippen molar-refractivity contribution in [1.29, 1.82) is 0 Å². The van der Waals surface area contributed by atoms with E-state index in [9.17, 15) is 9.59 Å². The van der Waals surface area contributed by atoms with Crippen LogP contribution >= 0.6 is 0 Å². The van der Waals surface area contributed by atoms with Gasteiger partial charge in [-0.1, -0.05) is 55.3 Å². The first-order chi connectivity index (χ1) is 12.1. The Bertz CT molecular complexity index is 761. The Balaban J connectivity index is 1.55. The zero-order chi connectivity index (χ0) is 17.7. The van der Waals surface area contributed by atoms with E-state index in [1.807, 2.05) is 42.5 Å². The monoisotopic (exact) mass is 339 g/mol. The van der Waals surface area contributed by atoms with Gasteiger partial charge in [-0.15, -0.1) is 0 Å². The van der Waals surface area contributed by atoms with Crippen molar-refractivity contribution in [3.63, 3.8) is 0 Å². The number of hydrogen-bond donors (Lipinski definition) is 3. The molecule has 0 saturated heterocycles. The highest BCUT2D eigenvalue weighted by Gasteiger charge is 2.33. The molecule has 5 heteroatoms. The summed E-state index contributed by atoms with van der Waals surface area (Å²) in [6, 6.07) is 13.9. The lowest BCUT2D eigenvalue weighted by Gasteiger charge is -2.28. The van der Waals surface area contributed by atoms with E-state index in [2.05, 4.69) is 10.6 Å². The molecule has 0 spiro atoms. The van der Waals surface area contributed by atoms with Gasteiger partial charge in [0, 0.05) is 6.54 Å². The van der Waals surface area contributed by atoms with Gasteiger partial charge in [0.15, 0.2) is 0 Å². The third kappa shape index (κ3) is 4.17. The third-order valence-electron chi connectivity index (χ3n) is 5.03. The number of rotatable bonds is 6. The second-order valence-corrected chi connectivity index (χ2v) is 6.83. The highest BCUT2D eigenvalue weighted by Crippen LogP contribution is 2.28. The summed E-state index contributed by atoms with van der Waals surface area (Å²) in [6.45, 7) is 0.439. The van der Waals surface area contributed by atoms with Crippen LogP contribution in [0.1, 0.15) is 31.2 Å². The average Bonchev–Trinajstić information content (AvgIpc) is 3.09. The molecule has 2 amide bonds. The van der Waals surface area contributed by atoms with Gasteiger partial charge in [-0.3, -0.25) is 9.59 Å². The smallest absolute Gasteiger partial charge is 0.239 e. The highest BCUT2D eigenvalue weighted by molar-refractivity contribution is 5.91. The van der Waals surface area contributed by atoms with Gasteiger partial charge in [0.25, 0.3) is 0 Å². The maximum Gasteiger partial charge on any atom is 0.239 e. The van der Waals surface area contributed by atoms with E-state index < -0.39 is 0 Å². The molecule has 0 aromatic heterocycles. The summed E-state index contributed by atoms with van der Waals surface area (Å²) in [6.07, 6.45) is 4.27. The molecule has 1 saturated carbocycles. The minimum Gasteiger partial charge on any atom is -0.348 e. The van der Waals surface area contributed by atoms with Crippen LogP contribution in [-0.4, -0.2) is 30.4 Å². The SMILES string of the molecule is NCC1(NC(=O)CNC(=O)Cc2cccc3ccccc23)CCCC1. The number of amides is 2. The molecular weight excluding hydrogens is 314 g/mol. The number of nitrogens with two attached hydrogens (primary N) is 1. The topological polar surface area (TPSA) is 84.2 Å². The van der Waals surface area contributed by atoms with E-state index in [0.717, 1.165) is 42.0 Å². The van der Waals surface area contributed by atoms with Gasteiger partial charge in [0.05, 0.1) is 18.5 Å². The first kappa shape index (κ1) is 17.4. The van der Waals surface area contributed by atoms with Crippen LogP contribution in [0.3, 0.4) is 0 Å². The molecule has 0 unspecified atom stereocenters. The molecule has 25 heavy (non-hydrogen) atoms. The fourth-order valence-corrected chi connectivity index (χ4v) is 3.63. The molecule has 2 aromatic carbocycles. The van der Waals surface area contributed by atoms with E-state index in [0.29, 0.717) is 6.54 Å². The van der Waals surface area contributed by atoms with Crippen molar-refractivity contribution >= 4 is 22.6 Å². The van der Waals surface area contributed by atoms with Crippen molar-refractivity contribution in [2.75, 3.05) is 13.1 Å². The molecule has 0 heterocycles. The second kappa shape index (κ2) is 7.66. The lowest BCUT2D eigenvalue weighted by atomic mass is 9.98. The fraction of sp³-hybridized carbons (Fsp3) is 0.400. The molecule has 1 fully saturated rings. The van der Waals surface area contributed by atoms with Crippen molar-refractivity contribution < 1.29 is 9.59 Å². The fourth-order valence-electron chi connectivity index (χ4n) is 3.63. The first-order valence-electron chi connectivity index (χ1n) is 8.86. The van der Waals surface area contributed by atoms with Gasteiger partial charge in [0.1, 0.15) is 0 Å². The third-order valence-corrected chi connectivity index (χ3v) is 5.03. The Kier molecular flexibility index (Phi) is 5.34. The molecule has 1 aliphatic rings. The van der Waals surface area contributed by atoms with Gasteiger partial charge < -0.3 is 16.4 Å². The predicted molar refractivity (Wildman–Crippen MR) is 99.1 cm³/mol. The Morgan fingerprint density at radius 3 is 2.48 bits per heavy atom. The highest BCUT2D eigenvalue weighted by atomic mass is 16.2. The largest absolute Gasteiger partial charge is 0.348 e. The normalized spacial score (nSPS) is 15.9. The van der Waals surface area contributed by atoms with Crippen molar-refractivity contribution in [2.45, 2.75) is 37.6 Å². The summed E-state index contributed by atoms with van der Waals surface area (Å²) >= 11 is 0. The van der Waals surface area contributed by atoms with Crippen molar-refractivity contribution in [2.24, 2.45) is 5.73 Å². The summed E-state index contributed by atoms with van der Waals surface area (Å²) in [5.41, 5.74) is 6.51. The zero-order valence-corrected chi connectivity index (χ0v) is 14.4. The van der Waals surface area contributed by atoms with E-state index in [1.165, 1.54) is 0 Å². The lowest BCUT2D eigenvalue weighted by molar-refractivity contribution is -0.126. The van der Waals surface area contributed by atoms with Crippen LogP contribution in [0, 0.1) is 0 Å². The number of carbonyl (C=O) groups is 2. The molecule has 0 bridgehead atoms. The van der Waals surface area contributed by atoms with Crippen LogP contribution in [0.4, 0.5) is 0 Å². The van der Waals surface area contributed by atoms with Gasteiger partial charge in [-0.05, 0) is 29.2 Å². The Labute approximate surface area is 148 Å². The van der Waals surface area contributed by atoms with Crippen molar-refractivity contribution in [3.8, 4) is 0 Å². The molecule has 132 valence electrons. The minimum atomic E-state index is -0.280. The van der Waals surface area contributed by atoms with E-state index in [1.54, 1.807) is 0 Å². The summed E-state index contributed by atoms with van der Waals surface area (Å²) in [4.78, 5) is 24.4. The molecule has 0 aliphatic heterocycles. The van der Waals surface area contributed by atoms with Crippen LogP contribution in [-0.2, 0) is 16.0 Å². The first-order valence-corrected chi connectivity index (χ1v) is 8.86. The molecule has 1 aliphatic carbocycles. The maximum atomic E-state index is 12.2. The van der Waals surface area contributed by atoms with E-state index >= 15 is 0 Å². The van der Waals surface area contributed by atoms with Crippen LogP contribution in [0.2, 0.25) is 0 Å². The number of carbonyl (C=O) groups excluding carboxylic acids is 2. The number of hydrogen-bond acceptors (Lipinski definition) is 3.